The van der Waals surface area contributed by atoms with E-state index in [9.17, 15) is 0 Å². The molecule has 0 amide bonds. The molecule has 0 bridgehead atoms. The lowest BCUT2D eigenvalue weighted by molar-refractivity contribution is 0.773. The molecule has 1 unspecified atom stereocenters. The van der Waals surface area contributed by atoms with Crippen LogP contribution in [0.2, 0.25) is 0 Å². The van der Waals surface area contributed by atoms with Gasteiger partial charge >= 0.3 is 0 Å². The summed E-state index contributed by atoms with van der Waals surface area (Å²) in [6.45, 7) is 0.211. The third kappa shape index (κ3) is 4.11. The molecular formula is C45H34BN. The number of hydrogen-bond donors (Lipinski definition) is 0. The summed E-state index contributed by atoms with van der Waals surface area (Å²) in [4.78, 5) is 0. The molecule has 5 aromatic carbocycles. The van der Waals surface area contributed by atoms with E-state index in [0.29, 0.717) is 5.92 Å². The van der Waals surface area contributed by atoms with Crippen molar-refractivity contribution in [3.63, 3.8) is 0 Å². The molecule has 0 radical (unpaired) electrons. The minimum absolute atomic E-state index is 0.211. The number of fused-ring (bicyclic) bond motifs is 4. The van der Waals surface area contributed by atoms with Gasteiger partial charge in [-0.05, 0) is 81.6 Å². The molecule has 0 N–H and O–H groups in total. The van der Waals surface area contributed by atoms with Crippen LogP contribution in [0.3, 0.4) is 0 Å². The maximum Gasteiger partial charge on any atom is 0.247 e. The van der Waals surface area contributed by atoms with Crippen LogP contribution in [0.5, 0.6) is 0 Å². The van der Waals surface area contributed by atoms with Gasteiger partial charge in [0.25, 0.3) is 0 Å². The Kier molecular flexibility index (Phi) is 6.06. The van der Waals surface area contributed by atoms with Crippen molar-refractivity contribution < 1.29 is 0 Å². The average Bonchev–Trinajstić information content (AvgIpc) is 3.50. The van der Waals surface area contributed by atoms with E-state index < -0.39 is 0 Å². The lowest BCUT2D eigenvalue weighted by Crippen LogP contribution is -2.60. The van der Waals surface area contributed by atoms with E-state index in [-0.39, 0.29) is 6.71 Å². The second-order valence-corrected chi connectivity index (χ2v) is 13.5. The van der Waals surface area contributed by atoms with Gasteiger partial charge in [-0.2, -0.15) is 0 Å². The molecule has 1 aromatic heterocycles. The van der Waals surface area contributed by atoms with Gasteiger partial charge in [-0.1, -0.05) is 151 Å². The van der Waals surface area contributed by atoms with Crippen LogP contribution in [0, 0.1) is 5.92 Å². The summed E-state index contributed by atoms with van der Waals surface area (Å²) < 4.78 is 2.59. The molecular weight excluding hydrogens is 565 g/mol. The first-order chi connectivity index (χ1) is 23.3. The van der Waals surface area contributed by atoms with Crippen LogP contribution in [0.1, 0.15) is 36.0 Å². The molecule has 222 valence electrons. The number of para-hydroxylation sites is 1. The van der Waals surface area contributed by atoms with Crippen LogP contribution in [-0.2, 0) is 6.42 Å². The van der Waals surface area contributed by atoms with Crippen molar-refractivity contribution in [3.05, 3.63) is 174 Å². The lowest BCUT2D eigenvalue weighted by Gasteiger charge is -2.34. The Hall–Kier alpha value is -5.34. The van der Waals surface area contributed by atoms with Crippen molar-refractivity contribution in [2.45, 2.75) is 25.7 Å². The molecule has 0 spiro atoms. The third-order valence-electron chi connectivity index (χ3n) is 10.9. The number of benzene rings is 5. The fourth-order valence-corrected chi connectivity index (χ4v) is 8.78. The Bertz CT molecular complexity index is 2350. The van der Waals surface area contributed by atoms with E-state index >= 15 is 0 Å². The Morgan fingerprint density at radius 1 is 0.638 bits per heavy atom. The van der Waals surface area contributed by atoms with E-state index in [0.717, 1.165) is 12.8 Å². The van der Waals surface area contributed by atoms with E-state index in [1.54, 1.807) is 0 Å². The van der Waals surface area contributed by atoms with Gasteiger partial charge < -0.3 is 4.57 Å². The van der Waals surface area contributed by atoms with Gasteiger partial charge in [0.05, 0.1) is 5.69 Å². The molecule has 2 aliphatic carbocycles. The van der Waals surface area contributed by atoms with Crippen molar-refractivity contribution in [1.82, 2.24) is 4.57 Å². The number of rotatable bonds is 4. The van der Waals surface area contributed by atoms with E-state index in [2.05, 4.69) is 156 Å². The highest BCUT2D eigenvalue weighted by Crippen LogP contribution is 2.44. The number of aromatic nitrogens is 1. The van der Waals surface area contributed by atoms with Crippen molar-refractivity contribution in [2.24, 2.45) is 5.92 Å². The quantitative estimate of drug-likeness (QED) is 0.178. The Balaban J connectivity index is 1.15. The van der Waals surface area contributed by atoms with Gasteiger partial charge in [0.1, 0.15) is 0 Å². The van der Waals surface area contributed by atoms with E-state index in [1.807, 2.05) is 0 Å². The molecule has 0 saturated heterocycles. The van der Waals surface area contributed by atoms with Crippen molar-refractivity contribution in [3.8, 4) is 28.1 Å². The van der Waals surface area contributed by atoms with Gasteiger partial charge in [-0.15, -0.1) is 0 Å². The second-order valence-electron chi connectivity index (χ2n) is 13.5. The third-order valence-corrected chi connectivity index (χ3v) is 10.9. The lowest BCUT2D eigenvalue weighted by atomic mass is 9.32. The molecule has 4 aliphatic rings. The summed E-state index contributed by atoms with van der Waals surface area (Å²) >= 11 is 0. The largest absolute Gasteiger partial charge is 0.310 e. The first kappa shape index (κ1) is 26.8. The standard InChI is InChI=1S/C45H34BN/c1-4-12-30(13-5-1)31-22-24-32(25-23-31)35-26-27-39-37(28-35)29-36-18-10-21-41-43(36)46(39)40-20-11-19-38-42(33-14-6-2-7-15-33)44(47(41)45(38)40)34-16-8-3-9-17-34/h2-4,6-22,24-28,31H,1,5,23,29H2. The average molecular weight is 600 g/mol. The highest BCUT2D eigenvalue weighted by Gasteiger charge is 2.40. The van der Waals surface area contributed by atoms with Gasteiger partial charge in [0, 0.05) is 28.1 Å². The highest BCUT2D eigenvalue weighted by molar-refractivity contribution is 6.98. The summed E-state index contributed by atoms with van der Waals surface area (Å²) in [5.41, 5.74) is 19.1. The molecule has 2 heteroatoms. The molecule has 0 saturated carbocycles. The van der Waals surface area contributed by atoms with Crippen molar-refractivity contribution in [2.75, 3.05) is 0 Å². The van der Waals surface area contributed by atoms with Crippen LogP contribution in [0.25, 0.3) is 44.5 Å². The zero-order chi connectivity index (χ0) is 30.9. The van der Waals surface area contributed by atoms with E-state index in [1.165, 1.54) is 96.0 Å². The molecule has 1 atom stereocenters. The molecule has 47 heavy (non-hydrogen) atoms. The van der Waals surface area contributed by atoms with E-state index in [4.69, 9.17) is 0 Å². The molecule has 0 fully saturated rings. The maximum atomic E-state index is 2.59. The zero-order valence-corrected chi connectivity index (χ0v) is 26.4. The minimum Gasteiger partial charge on any atom is -0.310 e. The summed E-state index contributed by atoms with van der Waals surface area (Å²) in [5, 5.41) is 1.32. The molecule has 2 aliphatic heterocycles. The van der Waals surface area contributed by atoms with Crippen molar-refractivity contribution in [1.29, 1.82) is 0 Å². The molecule has 1 nitrogen and oxygen atoms in total. The smallest absolute Gasteiger partial charge is 0.247 e. The highest BCUT2D eigenvalue weighted by atomic mass is 15.0. The summed E-state index contributed by atoms with van der Waals surface area (Å²) in [7, 11) is 0. The number of allylic oxidation sites excluding steroid dienone is 8. The van der Waals surface area contributed by atoms with Gasteiger partial charge in [0.2, 0.25) is 6.71 Å². The molecule has 3 heterocycles. The first-order valence-corrected chi connectivity index (χ1v) is 17.1. The second kappa shape index (κ2) is 10.6. The van der Waals surface area contributed by atoms with Gasteiger partial charge in [0.15, 0.2) is 0 Å². The maximum absolute atomic E-state index is 2.59. The molecule has 6 aromatic rings. The van der Waals surface area contributed by atoms with Gasteiger partial charge in [-0.25, -0.2) is 0 Å². The fourth-order valence-electron chi connectivity index (χ4n) is 8.78. The minimum atomic E-state index is 0.211. The topological polar surface area (TPSA) is 4.93 Å². The Morgan fingerprint density at radius 2 is 1.47 bits per heavy atom. The number of nitrogens with zero attached hydrogens (tertiary/aromatic N) is 1. The van der Waals surface area contributed by atoms with Crippen LogP contribution in [-0.4, -0.2) is 11.3 Å². The number of hydrogen-bond acceptors (Lipinski definition) is 0. The predicted molar refractivity (Wildman–Crippen MR) is 200 cm³/mol. The summed E-state index contributed by atoms with van der Waals surface area (Å²) in [5.74, 6) is 0.499. The SMILES string of the molecule is C1=CC(C2C=CC(c3ccc4c(c3)Cc3cccc5c3B4c3cccc4c(-c6ccccc6)c(-c6ccccc6)n-5c34)=CC2)=CCC1. The summed E-state index contributed by atoms with van der Waals surface area (Å²) in [6.07, 6.45) is 18.7. The Labute approximate surface area is 277 Å². The fraction of sp³-hybridized carbons (Fsp3) is 0.111. The van der Waals surface area contributed by atoms with Crippen molar-refractivity contribution >= 4 is 39.6 Å². The first-order valence-electron chi connectivity index (χ1n) is 17.1. The van der Waals surface area contributed by atoms with Crippen LogP contribution >= 0.6 is 0 Å². The van der Waals surface area contributed by atoms with Crippen LogP contribution in [0.4, 0.5) is 0 Å². The van der Waals surface area contributed by atoms with Crippen LogP contribution < -0.4 is 16.4 Å². The normalized spacial score (nSPS) is 17.3. The Morgan fingerprint density at radius 3 is 2.26 bits per heavy atom. The van der Waals surface area contributed by atoms with Crippen LogP contribution in [0.15, 0.2) is 157 Å². The summed E-state index contributed by atoms with van der Waals surface area (Å²) in [6, 6.07) is 43.2. The van der Waals surface area contributed by atoms with Gasteiger partial charge in [-0.3, -0.25) is 0 Å². The predicted octanol–water partition coefficient (Wildman–Crippen LogP) is 8.93. The zero-order valence-electron chi connectivity index (χ0n) is 26.4. The molecule has 10 rings (SSSR count). The monoisotopic (exact) mass is 599 g/mol.